The van der Waals surface area contributed by atoms with Crippen LogP contribution in [0.5, 0.6) is 0 Å². The van der Waals surface area contributed by atoms with Crippen molar-refractivity contribution < 1.29 is 4.79 Å². The summed E-state index contributed by atoms with van der Waals surface area (Å²) >= 11 is 11.9. The maximum Gasteiger partial charge on any atom is 0.276 e. The number of hydrogen-bond donors (Lipinski definition) is 2. The first-order chi connectivity index (χ1) is 10.1. The van der Waals surface area contributed by atoms with E-state index in [1.54, 1.807) is 30.3 Å². The Hall–Kier alpha value is -1.85. The van der Waals surface area contributed by atoms with Gasteiger partial charge in [0.05, 0.1) is 15.7 Å². The number of benzene rings is 1. The molecule has 7 heteroatoms. The smallest absolute Gasteiger partial charge is 0.276 e. The molecular formula is C14H12Cl2N4O. The van der Waals surface area contributed by atoms with Gasteiger partial charge in [-0.05, 0) is 37.1 Å². The molecule has 108 valence electrons. The Morgan fingerprint density at radius 2 is 1.95 bits per heavy atom. The fourth-order valence-electron chi connectivity index (χ4n) is 1.75. The normalized spacial score (nSPS) is 13.8. The summed E-state index contributed by atoms with van der Waals surface area (Å²) in [5.41, 5.74) is 0.656. The Kier molecular flexibility index (Phi) is 3.94. The van der Waals surface area contributed by atoms with Crippen molar-refractivity contribution >= 4 is 40.6 Å². The number of nitrogens with zero attached hydrogens (tertiary/aromatic N) is 2. The fraction of sp³-hybridized carbons (Fsp3) is 0.214. The Balaban J connectivity index is 1.70. The van der Waals surface area contributed by atoms with Gasteiger partial charge in [0.1, 0.15) is 5.82 Å². The molecular weight excluding hydrogens is 311 g/mol. The van der Waals surface area contributed by atoms with E-state index in [1.165, 1.54) is 0 Å². The molecule has 1 fully saturated rings. The molecule has 0 atom stereocenters. The molecule has 0 bridgehead atoms. The van der Waals surface area contributed by atoms with Crippen molar-refractivity contribution in [1.29, 1.82) is 0 Å². The van der Waals surface area contributed by atoms with Gasteiger partial charge in [-0.3, -0.25) is 4.79 Å². The molecule has 0 saturated heterocycles. The highest BCUT2D eigenvalue weighted by atomic mass is 35.5. The highest BCUT2D eigenvalue weighted by molar-refractivity contribution is 6.44. The molecule has 1 saturated carbocycles. The predicted molar refractivity (Wildman–Crippen MR) is 83.1 cm³/mol. The van der Waals surface area contributed by atoms with Crippen molar-refractivity contribution in [2.24, 2.45) is 0 Å². The van der Waals surface area contributed by atoms with Gasteiger partial charge in [-0.2, -0.15) is 0 Å². The topological polar surface area (TPSA) is 66.9 Å². The van der Waals surface area contributed by atoms with E-state index in [0.29, 0.717) is 27.6 Å². The average molecular weight is 323 g/mol. The average Bonchev–Trinajstić information content (AvgIpc) is 3.28. The van der Waals surface area contributed by atoms with Gasteiger partial charge in [-0.25, -0.2) is 0 Å². The molecule has 5 nitrogen and oxygen atoms in total. The number of anilines is 2. The summed E-state index contributed by atoms with van der Waals surface area (Å²) in [5, 5.41) is 14.4. The lowest BCUT2D eigenvalue weighted by Gasteiger charge is -2.08. The number of carbonyl (C=O) groups is 1. The van der Waals surface area contributed by atoms with E-state index in [-0.39, 0.29) is 11.6 Å². The van der Waals surface area contributed by atoms with Crippen molar-refractivity contribution in [3.63, 3.8) is 0 Å². The van der Waals surface area contributed by atoms with Crippen LogP contribution in [0, 0.1) is 0 Å². The minimum absolute atomic E-state index is 0.215. The van der Waals surface area contributed by atoms with Crippen molar-refractivity contribution in [1.82, 2.24) is 10.2 Å². The van der Waals surface area contributed by atoms with Gasteiger partial charge < -0.3 is 10.6 Å². The van der Waals surface area contributed by atoms with Crippen LogP contribution in [0.2, 0.25) is 10.0 Å². The molecule has 1 aliphatic carbocycles. The van der Waals surface area contributed by atoms with Crippen molar-refractivity contribution in [3.05, 3.63) is 46.1 Å². The van der Waals surface area contributed by atoms with Crippen LogP contribution in [-0.4, -0.2) is 22.1 Å². The predicted octanol–water partition coefficient (Wildman–Crippen LogP) is 3.61. The van der Waals surface area contributed by atoms with Gasteiger partial charge in [-0.15, -0.1) is 10.2 Å². The summed E-state index contributed by atoms with van der Waals surface area (Å²) in [6.45, 7) is 0. The van der Waals surface area contributed by atoms with Crippen LogP contribution in [-0.2, 0) is 0 Å². The summed E-state index contributed by atoms with van der Waals surface area (Å²) in [6.07, 6.45) is 2.30. The highest BCUT2D eigenvalue weighted by Gasteiger charge is 2.21. The molecule has 0 spiro atoms. The molecule has 1 aliphatic rings. The minimum atomic E-state index is -0.385. The SMILES string of the molecule is O=C(Nc1cccc(Cl)c1Cl)c1ccc(NC2CC2)nn1. The van der Waals surface area contributed by atoms with E-state index < -0.39 is 0 Å². The van der Waals surface area contributed by atoms with Gasteiger partial charge in [-0.1, -0.05) is 29.3 Å². The molecule has 2 N–H and O–H groups in total. The second kappa shape index (κ2) is 5.87. The number of carbonyl (C=O) groups excluding carboxylic acids is 1. The molecule has 1 amide bonds. The second-order valence-corrected chi connectivity index (χ2v) is 5.56. The maximum absolute atomic E-state index is 12.1. The Morgan fingerprint density at radius 1 is 1.14 bits per heavy atom. The van der Waals surface area contributed by atoms with Crippen molar-refractivity contribution in [2.45, 2.75) is 18.9 Å². The van der Waals surface area contributed by atoms with E-state index in [9.17, 15) is 4.79 Å². The Bertz CT molecular complexity index is 671. The van der Waals surface area contributed by atoms with Gasteiger partial charge in [0.2, 0.25) is 0 Å². The van der Waals surface area contributed by atoms with Crippen LogP contribution in [0.1, 0.15) is 23.3 Å². The first-order valence-corrected chi connectivity index (χ1v) is 7.25. The molecule has 2 aromatic rings. The van der Waals surface area contributed by atoms with Gasteiger partial charge >= 0.3 is 0 Å². The van der Waals surface area contributed by atoms with E-state index in [0.717, 1.165) is 12.8 Å². The molecule has 1 aromatic heterocycles. The molecule has 0 unspecified atom stereocenters. The van der Waals surface area contributed by atoms with Crippen LogP contribution in [0.25, 0.3) is 0 Å². The number of hydrogen-bond acceptors (Lipinski definition) is 4. The number of amides is 1. The largest absolute Gasteiger partial charge is 0.366 e. The first kappa shape index (κ1) is 14.1. The standard InChI is InChI=1S/C14H12Cl2N4O/c15-9-2-1-3-10(13(9)16)18-14(21)11-6-7-12(20-19-11)17-8-4-5-8/h1-3,6-8H,4-5H2,(H,17,20)(H,18,21). The van der Waals surface area contributed by atoms with E-state index in [4.69, 9.17) is 23.2 Å². The Morgan fingerprint density at radius 3 is 2.62 bits per heavy atom. The summed E-state index contributed by atoms with van der Waals surface area (Å²) in [6, 6.07) is 8.87. The first-order valence-electron chi connectivity index (χ1n) is 6.49. The zero-order valence-corrected chi connectivity index (χ0v) is 12.4. The molecule has 21 heavy (non-hydrogen) atoms. The number of halogens is 2. The van der Waals surface area contributed by atoms with Crippen LogP contribution in [0.15, 0.2) is 30.3 Å². The molecule has 0 radical (unpaired) electrons. The zero-order valence-electron chi connectivity index (χ0n) is 10.9. The van der Waals surface area contributed by atoms with Crippen LogP contribution < -0.4 is 10.6 Å². The third-order valence-corrected chi connectivity index (χ3v) is 3.85. The quantitative estimate of drug-likeness (QED) is 0.902. The van der Waals surface area contributed by atoms with Crippen LogP contribution in [0.3, 0.4) is 0 Å². The summed E-state index contributed by atoms with van der Waals surface area (Å²) in [5.74, 6) is 0.291. The Labute approximate surface area is 131 Å². The van der Waals surface area contributed by atoms with Crippen LogP contribution in [0.4, 0.5) is 11.5 Å². The summed E-state index contributed by atoms with van der Waals surface area (Å²) < 4.78 is 0. The molecule has 3 rings (SSSR count). The van der Waals surface area contributed by atoms with E-state index in [2.05, 4.69) is 20.8 Å². The molecule has 1 aromatic carbocycles. The lowest BCUT2D eigenvalue weighted by Crippen LogP contribution is -2.15. The fourth-order valence-corrected chi connectivity index (χ4v) is 2.10. The van der Waals surface area contributed by atoms with Crippen LogP contribution >= 0.6 is 23.2 Å². The lowest BCUT2D eigenvalue weighted by atomic mass is 10.3. The third-order valence-electron chi connectivity index (χ3n) is 3.03. The zero-order chi connectivity index (χ0) is 14.8. The van der Waals surface area contributed by atoms with E-state index >= 15 is 0 Å². The second-order valence-electron chi connectivity index (χ2n) is 4.78. The number of aromatic nitrogens is 2. The molecule has 1 heterocycles. The van der Waals surface area contributed by atoms with Gasteiger partial charge in [0.25, 0.3) is 5.91 Å². The number of nitrogens with one attached hydrogen (secondary N) is 2. The van der Waals surface area contributed by atoms with Gasteiger partial charge in [0, 0.05) is 6.04 Å². The summed E-state index contributed by atoms with van der Waals surface area (Å²) in [7, 11) is 0. The number of rotatable bonds is 4. The van der Waals surface area contributed by atoms with E-state index in [1.807, 2.05) is 0 Å². The highest BCUT2D eigenvalue weighted by Crippen LogP contribution is 2.29. The van der Waals surface area contributed by atoms with Crippen molar-refractivity contribution in [3.8, 4) is 0 Å². The molecule has 0 aliphatic heterocycles. The third kappa shape index (κ3) is 3.43. The monoisotopic (exact) mass is 322 g/mol. The summed E-state index contributed by atoms with van der Waals surface area (Å²) in [4.78, 5) is 12.1. The van der Waals surface area contributed by atoms with Gasteiger partial charge in [0.15, 0.2) is 5.69 Å². The minimum Gasteiger partial charge on any atom is -0.366 e. The van der Waals surface area contributed by atoms with Crippen molar-refractivity contribution in [2.75, 3.05) is 10.6 Å². The maximum atomic E-state index is 12.1. The lowest BCUT2D eigenvalue weighted by molar-refractivity contribution is 0.102.